The van der Waals surface area contributed by atoms with Gasteiger partial charge in [-0.15, -0.1) is 0 Å². The van der Waals surface area contributed by atoms with Crippen LogP contribution >= 0.6 is 0 Å². The fourth-order valence-electron chi connectivity index (χ4n) is 3.77. The Morgan fingerprint density at radius 2 is 1.83 bits per heavy atom. The molecule has 1 aliphatic heterocycles. The zero-order valence-corrected chi connectivity index (χ0v) is 18.3. The minimum atomic E-state index is -3.57. The number of rotatable bonds is 6. The molecule has 1 unspecified atom stereocenters. The Labute approximate surface area is 173 Å². The molecule has 0 N–H and O–H groups in total. The summed E-state index contributed by atoms with van der Waals surface area (Å²) < 4.78 is 25.8. The van der Waals surface area contributed by atoms with Crippen molar-refractivity contribution in [3.8, 4) is 0 Å². The summed E-state index contributed by atoms with van der Waals surface area (Å²) in [5.41, 5.74) is 4.09. The van der Waals surface area contributed by atoms with E-state index >= 15 is 0 Å². The van der Waals surface area contributed by atoms with Crippen LogP contribution in [0.25, 0.3) is 0 Å². The number of aryl methyl sites for hydroxylation is 1. The molecule has 3 rings (SSSR count). The Morgan fingerprint density at radius 1 is 1.14 bits per heavy atom. The monoisotopic (exact) mass is 415 g/mol. The van der Waals surface area contributed by atoms with Crippen molar-refractivity contribution in [1.29, 1.82) is 0 Å². The first kappa shape index (κ1) is 21.3. The van der Waals surface area contributed by atoms with Gasteiger partial charge in [-0.1, -0.05) is 36.4 Å². The highest BCUT2D eigenvalue weighted by Gasteiger charge is 2.27. The van der Waals surface area contributed by atoms with Gasteiger partial charge in [0.2, 0.25) is 15.9 Å². The highest BCUT2D eigenvalue weighted by atomic mass is 32.2. The van der Waals surface area contributed by atoms with Gasteiger partial charge in [0.25, 0.3) is 0 Å². The first-order valence-electron chi connectivity index (χ1n) is 9.70. The van der Waals surface area contributed by atoms with Gasteiger partial charge in [0.15, 0.2) is 0 Å². The number of benzene rings is 2. The maximum absolute atomic E-state index is 12.9. The van der Waals surface area contributed by atoms with E-state index in [1.54, 1.807) is 30.1 Å². The van der Waals surface area contributed by atoms with Crippen molar-refractivity contribution < 1.29 is 13.2 Å². The molecule has 0 saturated carbocycles. The van der Waals surface area contributed by atoms with Crippen molar-refractivity contribution in [1.82, 2.24) is 9.80 Å². The third-order valence-electron chi connectivity index (χ3n) is 5.50. The molecule has 0 bridgehead atoms. The molecule has 2 aromatic carbocycles. The summed E-state index contributed by atoms with van der Waals surface area (Å²) >= 11 is 0. The molecule has 1 heterocycles. The SMILES string of the molecule is Cc1cccc(N(CC(=O)N(C)CC2Cc3ccccc3CN2C)S(C)(=O)=O)c1. The second-order valence-corrected chi connectivity index (χ2v) is 9.83. The number of fused-ring (bicyclic) bond motifs is 1. The number of anilines is 1. The van der Waals surface area contributed by atoms with Crippen molar-refractivity contribution in [3.63, 3.8) is 0 Å². The van der Waals surface area contributed by atoms with Crippen LogP contribution in [0.15, 0.2) is 48.5 Å². The van der Waals surface area contributed by atoms with Crippen LogP contribution in [0.3, 0.4) is 0 Å². The van der Waals surface area contributed by atoms with Gasteiger partial charge in [0.1, 0.15) is 6.54 Å². The van der Waals surface area contributed by atoms with Gasteiger partial charge in [-0.05, 0) is 49.2 Å². The number of likely N-dealkylation sites (N-methyl/N-ethyl adjacent to an activating group) is 2. The number of carbonyl (C=O) groups excluding carboxylic acids is 1. The first-order valence-corrected chi connectivity index (χ1v) is 11.6. The molecular weight excluding hydrogens is 386 g/mol. The van der Waals surface area contributed by atoms with Gasteiger partial charge in [0.05, 0.1) is 11.9 Å². The summed E-state index contributed by atoms with van der Waals surface area (Å²) in [7, 11) is 0.236. The molecule has 0 fully saturated rings. The van der Waals surface area contributed by atoms with Crippen LogP contribution in [0.5, 0.6) is 0 Å². The molecule has 7 heteroatoms. The number of hydrogen-bond acceptors (Lipinski definition) is 4. The standard InChI is InChI=1S/C22H29N3O3S/c1-17-8-7-11-20(12-17)25(29(4,27)28)16-22(26)24(3)15-21-13-18-9-5-6-10-19(18)14-23(21)2/h5-12,21H,13-16H2,1-4H3. The molecule has 1 atom stereocenters. The van der Waals surface area contributed by atoms with Crippen LogP contribution in [-0.2, 0) is 27.8 Å². The van der Waals surface area contributed by atoms with Crippen molar-refractivity contribution in [2.45, 2.75) is 25.9 Å². The summed E-state index contributed by atoms with van der Waals surface area (Å²) in [5, 5.41) is 0. The fourth-order valence-corrected chi connectivity index (χ4v) is 4.61. The Bertz CT molecular complexity index is 990. The van der Waals surface area contributed by atoms with Crippen LogP contribution in [0.4, 0.5) is 5.69 Å². The molecule has 6 nitrogen and oxygen atoms in total. The minimum Gasteiger partial charge on any atom is -0.343 e. The number of nitrogens with zero attached hydrogens (tertiary/aromatic N) is 3. The van der Waals surface area contributed by atoms with Crippen molar-refractivity contribution in [2.24, 2.45) is 0 Å². The highest BCUT2D eigenvalue weighted by molar-refractivity contribution is 7.92. The van der Waals surface area contributed by atoms with Crippen molar-refractivity contribution in [2.75, 3.05) is 37.7 Å². The quantitative estimate of drug-likeness (QED) is 0.726. The molecular formula is C22H29N3O3S. The predicted molar refractivity (Wildman–Crippen MR) is 116 cm³/mol. The molecule has 1 aliphatic rings. The normalized spacial score (nSPS) is 16.9. The maximum atomic E-state index is 12.9. The molecule has 1 amide bonds. The van der Waals surface area contributed by atoms with Gasteiger partial charge in [-0.25, -0.2) is 8.42 Å². The zero-order chi connectivity index (χ0) is 21.2. The van der Waals surface area contributed by atoms with E-state index in [-0.39, 0.29) is 18.5 Å². The number of carbonyl (C=O) groups is 1. The van der Waals surface area contributed by atoms with E-state index in [2.05, 4.69) is 24.1 Å². The predicted octanol–water partition coefficient (Wildman–Crippen LogP) is 2.28. The van der Waals surface area contributed by atoms with Gasteiger partial charge >= 0.3 is 0 Å². The van der Waals surface area contributed by atoms with Crippen LogP contribution in [0.2, 0.25) is 0 Å². The average molecular weight is 416 g/mol. The zero-order valence-electron chi connectivity index (χ0n) is 17.5. The molecule has 2 aromatic rings. The number of sulfonamides is 1. The second-order valence-electron chi connectivity index (χ2n) is 7.92. The Balaban J connectivity index is 1.71. The van der Waals surface area contributed by atoms with E-state index < -0.39 is 10.0 Å². The minimum absolute atomic E-state index is 0.199. The third-order valence-corrected chi connectivity index (χ3v) is 6.64. The molecule has 0 saturated heterocycles. The third kappa shape index (κ3) is 5.16. The lowest BCUT2D eigenvalue weighted by Crippen LogP contribution is -2.48. The van der Waals surface area contributed by atoms with Crippen LogP contribution in [0.1, 0.15) is 16.7 Å². The molecule has 0 aliphatic carbocycles. The summed E-state index contributed by atoms with van der Waals surface area (Å²) in [6.07, 6.45) is 2.01. The summed E-state index contributed by atoms with van der Waals surface area (Å²) in [4.78, 5) is 16.8. The Kier molecular flexibility index (Phi) is 6.29. The lowest BCUT2D eigenvalue weighted by molar-refractivity contribution is -0.129. The van der Waals surface area contributed by atoms with Crippen molar-refractivity contribution >= 4 is 21.6 Å². The van der Waals surface area contributed by atoms with Crippen LogP contribution < -0.4 is 4.31 Å². The molecule has 0 spiro atoms. The lowest BCUT2D eigenvalue weighted by Gasteiger charge is -2.36. The van der Waals surface area contributed by atoms with Gasteiger partial charge < -0.3 is 4.90 Å². The molecule has 29 heavy (non-hydrogen) atoms. The summed E-state index contributed by atoms with van der Waals surface area (Å²) in [5.74, 6) is -0.218. The second kappa shape index (κ2) is 8.55. The lowest BCUT2D eigenvalue weighted by atomic mass is 9.94. The molecule has 156 valence electrons. The van der Waals surface area contributed by atoms with E-state index in [1.807, 2.05) is 25.1 Å². The average Bonchev–Trinajstić information content (AvgIpc) is 2.65. The van der Waals surface area contributed by atoms with Gasteiger partial charge in [-0.3, -0.25) is 14.0 Å². The smallest absolute Gasteiger partial charge is 0.243 e. The van der Waals surface area contributed by atoms with E-state index in [9.17, 15) is 13.2 Å². The van der Waals surface area contributed by atoms with Gasteiger partial charge in [-0.2, -0.15) is 0 Å². The van der Waals surface area contributed by atoms with Crippen LogP contribution in [0, 0.1) is 6.92 Å². The maximum Gasteiger partial charge on any atom is 0.243 e. The fraction of sp³-hybridized carbons (Fsp3) is 0.409. The largest absolute Gasteiger partial charge is 0.343 e. The van der Waals surface area contributed by atoms with E-state index in [0.717, 1.165) is 24.8 Å². The molecule has 0 radical (unpaired) electrons. The Hall–Kier alpha value is -2.38. The van der Waals surface area contributed by atoms with Gasteiger partial charge in [0, 0.05) is 26.2 Å². The molecule has 0 aromatic heterocycles. The van der Waals surface area contributed by atoms with E-state index in [4.69, 9.17) is 0 Å². The topological polar surface area (TPSA) is 60.9 Å². The number of hydrogen-bond donors (Lipinski definition) is 0. The highest BCUT2D eigenvalue weighted by Crippen LogP contribution is 2.23. The van der Waals surface area contributed by atoms with E-state index in [0.29, 0.717) is 12.2 Å². The summed E-state index contributed by atoms with van der Waals surface area (Å²) in [6, 6.07) is 15.8. The van der Waals surface area contributed by atoms with Crippen LogP contribution in [-0.4, -0.2) is 63.6 Å². The van der Waals surface area contributed by atoms with Crippen molar-refractivity contribution in [3.05, 3.63) is 65.2 Å². The first-order chi connectivity index (χ1) is 13.6. The Morgan fingerprint density at radius 3 is 2.48 bits per heavy atom. The van der Waals surface area contributed by atoms with E-state index in [1.165, 1.54) is 15.4 Å². The summed E-state index contributed by atoms with van der Waals surface area (Å²) in [6.45, 7) is 3.09. The number of amides is 1.